The number of hydrogen-bond donors (Lipinski definition) is 3. The van der Waals surface area contributed by atoms with E-state index in [4.69, 9.17) is 10.5 Å². The Bertz CT molecular complexity index is 448. The molecule has 0 aliphatic carbocycles. The predicted molar refractivity (Wildman–Crippen MR) is 79.1 cm³/mol. The Hall–Kier alpha value is -1.75. The van der Waals surface area contributed by atoms with Crippen molar-refractivity contribution in [2.75, 3.05) is 20.2 Å². The third-order valence-electron chi connectivity index (χ3n) is 4.01. The highest BCUT2D eigenvalue weighted by molar-refractivity contribution is 5.97. The fraction of sp³-hybridized carbons (Fsp3) is 0.533. The average molecular weight is 280 g/mol. The molecule has 1 amide bonds. The molecule has 0 bridgehead atoms. The van der Waals surface area contributed by atoms with Gasteiger partial charge in [-0.25, -0.2) is 0 Å². The quantitative estimate of drug-likeness (QED) is 0.712. The maximum atomic E-state index is 12.2. The minimum atomic E-state index is -0.318. The molecule has 0 atom stereocenters. The van der Waals surface area contributed by atoms with Crippen molar-refractivity contribution in [2.45, 2.75) is 26.7 Å². The van der Waals surface area contributed by atoms with E-state index in [2.05, 4.69) is 19.2 Å². The number of phenolic OH excluding ortho intramolecular Hbond substituents is 1. The number of nitrogens with two attached hydrogens (primary N) is 1. The molecule has 1 aromatic carbocycles. The zero-order valence-corrected chi connectivity index (χ0v) is 12.4. The maximum absolute atomic E-state index is 12.2. The van der Waals surface area contributed by atoms with Crippen molar-refractivity contribution >= 4 is 5.91 Å². The Morgan fingerprint density at radius 3 is 2.55 bits per heavy atom. The molecule has 4 N–H and O–H groups in total. The molecule has 1 aromatic rings. The molecule has 1 rings (SSSR count). The van der Waals surface area contributed by atoms with Crippen molar-refractivity contribution < 1.29 is 14.6 Å². The van der Waals surface area contributed by atoms with Crippen LogP contribution >= 0.6 is 0 Å². The monoisotopic (exact) mass is 280 g/mol. The van der Waals surface area contributed by atoms with E-state index in [9.17, 15) is 9.90 Å². The van der Waals surface area contributed by atoms with Gasteiger partial charge in [0.05, 0.1) is 12.7 Å². The van der Waals surface area contributed by atoms with Crippen molar-refractivity contribution in [3.8, 4) is 11.5 Å². The molecule has 0 saturated heterocycles. The van der Waals surface area contributed by atoms with Crippen molar-refractivity contribution in [2.24, 2.45) is 11.1 Å². The highest BCUT2D eigenvalue weighted by Crippen LogP contribution is 2.25. The molecule has 0 aromatic heterocycles. The first-order valence-electron chi connectivity index (χ1n) is 6.87. The molecule has 0 radical (unpaired) electrons. The van der Waals surface area contributed by atoms with Crippen LogP contribution in [0.5, 0.6) is 11.5 Å². The van der Waals surface area contributed by atoms with Crippen LogP contribution in [0.2, 0.25) is 0 Å². The molecular weight excluding hydrogens is 256 g/mol. The Morgan fingerprint density at radius 2 is 2.05 bits per heavy atom. The van der Waals surface area contributed by atoms with Gasteiger partial charge in [-0.1, -0.05) is 13.8 Å². The number of rotatable bonds is 7. The van der Waals surface area contributed by atoms with Gasteiger partial charge in [-0.05, 0) is 43.0 Å². The summed E-state index contributed by atoms with van der Waals surface area (Å²) in [5.41, 5.74) is 5.93. The van der Waals surface area contributed by atoms with Crippen LogP contribution in [0.15, 0.2) is 18.2 Å². The molecule has 20 heavy (non-hydrogen) atoms. The molecular formula is C15H24N2O3. The standard InChI is InChI=1S/C15H24N2O3/c1-4-15(5-2,9-16)10-17-14(19)12-8-11(20-3)6-7-13(12)18/h6-8,18H,4-5,9-10,16H2,1-3H3,(H,17,19). The second kappa shape index (κ2) is 7.14. The summed E-state index contributed by atoms with van der Waals surface area (Å²) in [4.78, 5) is 12.2. The Kier molecular flexibility index (Phi) is 5.82. The van der Waals surface area contributed by atoms with E-state index in [1.54, 1.807) is 6.07 Å². The summed E-state index contributed by atoms with van der Waals surface area (Å²) >= 11 is 0. The van der Waals surface area contributed by atoms with Gasteiger partial charge in [0.15, 0.2) is 0 Å². The Morgan fingerprint density at radius 1 is 1.40 bits per heavy atom. The van der Waals surface area contributed by atoms with Gasteiger partial charge in [-0.2, -0.15) is 0 Å². The lowest BCUT2D eigenvalue weighted by Gasteiger charge is -2.30. The van der Waals surface area contributed by atoms with E-state index < -0.39 is 0 Å². The van der Waals surface area contributed by atoms with E-state index >= 15 is 0 Å². The van der Waals surface area contributed by atoms with Crippen molar-refractivity contribution in [3.05, 3.63) is 23.8 Å². The van der Waals surface area contributed by atoms with E-state index in [0.717, 1.165) is 12.8 Å². The molecule has 5 nitrogen and oxygen atoms in total. The Balaban J connectivity index is 2.81. The number of ether oxygens (including phenoxy) is 1. The van der Waals surface area contributed by atoms with Gasteiger partial charge in [-0.15, -0.1) is 0 Å². The largest absolute Gasteiger partial charge is 0.507 e. The van der Waals surface area contributed by atoms with Crippen LogP contribution in [-0.2, 0) is 0 Å². The van der Waals surface area contributed by atoms with Crippen LogP contribution in [0.25, 0.3) is 0 Å². The van der Waals surface area contributed by atoms with Crippen molar-refractivity contribution in [1.82, 2.24) is 5.32 Å². The van der Waals surface area contributed by atoms with Crippen LogP contribution in [-0.4, -0.2) is 31.2 Å². The summed E-state index contributed by atoms with van der Waals surface area (Å²) in [6.45, 7) is 5.13. The van der Waals surface area contributed by atoms with E-state index in [-0.39, 0.29) is 22.6 Å². The smallest absolute Gasteiger partial charge is 0.255 e. The first-order valence-corrected chi connectivity index (χ1v) is 6.87. The van der Waals surface area contributed by atoms with Crippen molar-refractivity contribution in [1.29, 1.82) is 0 Å². The SMILES string of the molecule is CCC(CC)(CN)CNC(=O)c1cc(OC)ccc1O. The third kappa shape index (κ3) is 3.63. The van der Waals surface area contributed by atoms with Crippen molar-refractivity contribution in [3.63, 3.8) is 0 Å². The highest BCUT2D eigenvalue weighted by Gasteiger charge is 2.25. The predicted octanol–water partition coefficient (Wildman–Crippen LogP) is 1.90. The highest BCUT2D eigenvalue weighted by atomic mass is 16.5. The number of phenols is 1. The van der Waals surface area contributed by atoms with Crippen LogP contribution in [0.1, 0.15) is 37.0 Å². The summed E-state index contributed by atoms with van der Waals surface area (Å²) in [6, 6.07) is 4.57. The first-order chi connectivity index (χ1) is 9.51. The molecule has 0 heterocycles. The van der Waals surface area contributed by atoms with Crippen LogP contribution in [0.3, 0.4) is 0 Å². The molecule has 112 valence electrons. The van der Waals surface area contributed by atoms with Crippen LogP contribution < -0.4 is 15.8 Å². The minimum absolute atomic E-state index is 0.0605. The molecule has 0 aliphatic rings. The lowest BCUT2D eigenvalue weighted by Crippen LogP contribution is -2.41. The molecule has 0 fully saturated rings. The summed E-state index contributed by atoms with van der Waals surface area (Å²) in [7, 11) is 1.52. The molecule has 0 spiro atoms. The second-order valence-corrected chi connectivity index (χ2v) is 4.98. The minimum Gasteiger partial charge on any atom is -0.507 e. The third-order valence-corrected chi connectivity index (χ3v) is 4.01. The number of nitrogens with one attached hydrogen (secondary N) is 1. The number of methoxy groups -OCH3 is 1. The fourth-order valence-electron chi connectivity index (χ4n) is 2.05. The molecule has 5 heteroatoms. The molecule has 0 unspecified atom stereocenters. The summed E-state index contributed by atoms with van der Waals surface area (Å²) < 4.78 is 5.06. The van der Waals surface area contributed by atoms with Crippen LogP contribution in [0.4, 0.5) is 0 Å². The zero-order valence-electron chi connectivity index (χ0n) is 12.4. The number of amides is 1. The maximum Gasteiger partial charge on any atom is 0.255 e. The topological polar surface area (TPSA) is 84.6 Å². The lowest BCUT2D eigenvalue weighted by atomic mass is 9.82. The fourth-order valence-corrected chi connectivity index (χ4v) is 2.05. The second-order valence-electron chi connectivity index (χ2n) is 4.98. The normalized spacial score (nSPS) is 11.2. The van der Waals surface area contributed by atoms with Gasteiger partial charge >= 0.3 is 0 Å². The summed E-state index contributed by atoms with van der Waals surface area (Å²) in [5, 5.41) is 12.6. The van der Waals surface area contributed by atoms with Gasteiger partial charge in [0.2, 0.25) is 0 Å². The number of carbonyl (C=O) groups is 1. The number of aromatic hydroxyl groups is 1. The summed E-state index contributed by atoms with van der Waals surface area (Å²) in [6.07, 6.45) is 1.79. The number of carbonyl (C=O) groups excluding carboxylic acids is 1. The molecule has 0 saturated carbocycles. The zero-order chi connectivity index (χ0) is 15.2. The van der Waals surface area contributed by atoms with E-state index in [1.807, 2.05) is 0 Å². The molecule has 0 aliphatic heterocycles. The van der Waals surface area contributed by atoms with Gasteiger partial charge in [0.25, 0.3) is 5.91 Å². The van der Waals surface area contributed by atoms with Gasteiger partial charge < -0.3 is 20.9 Å². The van der Waals surface area contributed by atoms with E-state index in [0.29, 0.717) is 18.8 Å². The first kappa shape index (κ1) is 16.3. The number of hydrogen-bond acceptors (Lipinski definition) is 4. The van der Waals surface area contributed by atoms with Crippen LogP contribution in [0, 0.1) is 5.41 Å². The average Bonchev–Trinajstić information content (AvgIpc) is 2.49. The summed E-state index contributed by atoms with van der Waals surface area (Å²) in [5.74, 6) is 0.153. The lowest BCUT2D eigenvalue weighted by molar-refractivity contribution is 0.0925. The van der Waals surface area contributed by atoms with Gasteiger partial charge in [0.1, 0.15) is 11.5 Å². The van der Waals surface area contributed by atoms with E-state index in [1.165, 1.54) is 19.2 Å². The number of benzene rings is 1. The van der Waals surface area contributed by atoms with Gasteiger partial charge in [0, 0.05) is 6.54 Å². The Labute approximate surface area is 120 Å². The van der Waals surface area contributed by atoms with Gasteiger partial charge in [-0.3, -0.25) is 4.79 Å².